The highest BCUT2D eigenvalue weighted by molar-refractivity contribution is 6.31. The lowest BCUT2D eigenvalue weighted by Crippen LogP contribution is -2.28. The second kappa shape index (κ2) is 9.21. The SMILES string of the molecule is CN(CCCNC(=O)CCc1ccccc1Cl)c1ccccc1. The van der Waals surface area contributed by atoms with Crippen LogP contribution in [-0.2, 0) is 11.2 Å². The number of hydrogen-bond acceptors (Lipinski definition) is 2. The van der Waals surface area contributed by atoms with Crippen LogP contribution in [0.4, 0.5) is 5.69 Å². The maximum Gasteiger partial charge on any atom is 0.220 e. The summed E-state index contributed by atoms with van der Waals surface area (Å²) < 4.78 is 0. The van der Waals surface area contributed by atoms with Gasteiger partial charge in [0.05, 0.1) is 0 Å². The number of rotatable bonds is 8. The lowest BCUT2D eigenvalue weighted by atomic mass is 10.1. The maximum absolute atomic E-state index is 11.9. The van der Waals surface area contributed by atoms with Crippen molar-refractivity contribution in [3.63, 3.8) is 0 Å². The van der Waals surface area contributed by atoms with Crippen molar-refractivity contribution in [1.82, 2.24) is 5.32 Å². The normalized spacial score (nSPS) is 10.3. The Morgan fingerprint density at radius 1 is 1.09 bits per heavy atom. The first kappa shape index (κ1) is 17.4. The van der Waals surface area contributed by atoms with E-state index in [1.807, 2.05) is 42.5 Å². The monoisotopic (exact) mass is 330 g/mol. The number of para-hydroxylation sites is 1. The number of nitrogens with zero attached hydrogens (tertiary/aromatic N) is 1. The standard InChI is InChI=1S/C19H23ClN2O/c1-22(17-9-3-2-4-10-17)15-7-14-21-19(23)13-12-16-8-5-6-11-18(16)20/h2-6,8-11H,7,12-15H2,1H3,(H,21,23). The Kier molecular flexibility index (Phi) is 6.95. The minimum atomic E-state index is 0.0762. The average molecular weight is 331 g/mol. The summed E-state index contributed by atoms with van der Waals surface area (Å²) in [6.07, 6.45) is 2.07. The van der Waals surface area contributed by atoms with Gasteiger partial charge in [-0.1, -0.05) is 48.0 Å². The molecule has 0 bridgehead atoms. The predicted octanol–water partition coefficient (Wildman–Crippen LogP) is 3.92. The highest BCUT2D eigenvalue weighted by atomic mass is 35.5. The molecule has 3 nitrogen and oxygen atoms in total. The fourth-order valence-electron chi connectivity index (χ4n) is 2.39. The van der Waals surface area contributed by atoms with Gasteiger partial charge in [0, 0.05) is 37.3 Å². The number of carbonyl (C=O) groups excluding carboxylic acids is 1. The van der Waals surface area contributed by atoms with Crippen LogP contribution in [-0.4, -0.2) is 26.0 Å². The number of anilines is 1. The topological polar surface area (TPSA) is 32.3 Å². The zero-order chi connectivity index (χ0) is 16.5. The molecular formula is C19H23ClN2O. The fourth-order valence-corrected chi connectivity index (χ4v) is 2.62. The molecule has 0 aliphatic heterocycles. The summed E-state index contributed by atoms with van der Waals surface area (Å²) in [5.74, 6) is 0.0762. The average Bonchev–Trinajstić information content (AvgIpc) is 2.58. The molecule has 1 amide bonds. The van der Waals surface area contributed by atoms with E-state index in [-0.39, 0.29) is 5.91 Å². The predicted molar refractivity (Wildman–Crippen MR) is 97.1 cm³/mol. The number of benzene rings is 2. The molecule has 122 valence electrons. The molecule has 2 aromatic rings. The summed E-state index contributed by atoms with van der Waals surface area (Å²) in [5.41, 5.74) is 2.21. The van der Waals surface area contributed by atoms with Crippen LogP contribution in [0.25, 0.3) is 0 Å². The Balaban J connectivity index is 1.62. The summed E-state index contributed by atoms with van der Waals surface area (Å²) in [6.45, 7) is 1.60. The van der Waals surface area contributed by atoms with Gasteiger partial charge in [-0.15, -0.1) is 0 Å². The van der Waals surface area contributed by atoms with E-state index < -0.39 is 0 Å². The Bertz CT molecular complexity index is 616. The quantitative estimate of drug-likeness (QED) is 0.744. The molecular weight excluding hydrogens is 308 g/mol. The molecule has 4 heteroatoms. The molecule has 0 unspecified atom stereocenters. The third-order valence-corrected chi connectivity index (χ3v) is 4.14. The van der Waals surface area contributed by atoms with Gasteiger partial charge in [0.25, 0.3) is 0 Å². The molecule has 0 atom stereocenters. The number of aryl methyl sites for hydroxylation is 1. The van der Waals surface area contributed by atoms with Crippen molar-refractivity contribution in [3.8, 4) is 0 Å². The molecule has 1 N–H and O–H groups in total. The van der Waals surface area contributed by atoms with E-state index in [0.29, 0.717) is 19.4 Å². The number of halogens is 1. The van der Waals surface area contributed by atoms with Gasteiger partial charge < -0.3 is 10.2 Å². The lowest BCUT2D eigenvalue weighted by Gasteiger charge is -2.19. The zero-order valence-electron chi connectivity index (χ0n) is 13.5. The van der Waals surface area contributed by atoms with Crippen molar-refractivity contribution in [1.29, 1.82) is 0 Å². The minimum absolute atomic E-state index is 0.0762. The molecule has 2 aromatic carbocycles. The van der Waals surface area contributed by atoms with Crippen LogP contribution in [0.3, 0.4) is 0 Å². The van der Waals surface area contributed by atoms with Crippen molar-refractivity contribution in [2.45, 2.75) is 19.3 Å². The van der Waals surface area contributed by atoms with Gasteiger partial charge >= 0.3 is 0 Å². The van der Waals surface area contributed by atoms with Gasteiger partial charge in [0.2, 0.25) is 5.91 Å². The molecule has 0 heterocycles. The largest absolute Gasteiger partial charge is 0.375 e. The molecule has 0 saturated heterocycles. The molecule has 2 rings (SSSR count). The first-order valence-electron chi connectivity index (χ1n) is 7.93. The van der Waals surface area contributed by atoms with E-state index in [9.17, 15) is 4.79 Å². The third kappa shape index (κ3) is 5.95. The molecule has 0 saturated carbocycles. The van der Waals surface area contributed by atoms with Crippen LogP contribution in [0.15, 0.2) is 54.6 Å². The molecule has 0 fully saturated rings. The molecule has 0 aliphatic rings. The van der Waals surface area contributed by atoms with E-state index >= 15 is 0 Å². The summed E-state index contributed by atoms with van der Waals surface area (Å²) in [4.78, 5) is 14.1. The van der Waals surface area contributed by atoms with Gasteiger partial charge in [-0.05, 0) is 36.6 Å². The Morgan fingerprint density at radius 3 is 2.52 bits per heavy atom. The summed E-state index contributed by atoms with van der Waals surface area (Å²) >= 11 is 6.09. The van der Waals surface area contributed by atoms with Crippen molar-refractivity contribution in [3.05, 3.63) is 65.2 Å². The highest BCUT2D eigenvalue weighted by Gasteiger charge is 2.05. The van der Waals surface area contributed by atoms with E-state index in [1.165, 1.54) is 5.69 Å². The maximum atomic E-state index is 11.9. The van der Waals surface area contributed by atoms with Gasteiger partial charge in [-0.3, -0.25) is 4.79 Å². The van der Waals surface area contributed by atoms with E-state index in [1.54, 1.807) is 0 Å². The highest BCUT2D eigenvalue weighted by Crippen LogP contribution is 2.16. The van der Waals surface area contributed by atoms with Crippen LogP contribution >= 0.6 is 11.6 Å². The second-order valence-electron chi connectivity index (χ2n) is 5.55. The lowest BCUT2D eigenvalue weighted by molar-refractivity contribution is -0.121. The fraction of sp³-hybridized carbons (Fsp3) is 0.316. The number of hydrogen-bond donors (Lipinski definition) is 1. The van der Waals surface area contributed by atoms with Crippen LogP contribution in [0, 0.1) is 0 Å². The minimum Gasteiger partial charge on any atom is -0.375 e. The number of nitrogens with one attached hydrogen (secondary N) is 1. The third-order valence-electron chi connectivity index (χ3n) is 3.77. The van der Waals surface area contributed by atoms with Crippen LogP contribution in [0.2, 0.25) is 5.02 Å². The summed E-state index contributed by atoms with van der Waals surface area (Å²) in [7, 11) is 2.06. The Hall–Kier alpha value is -2.00. The first-order valence-corrected chi connectivity index (χ1v) is 8.31. The molecule has 0 radical (unpaired) electrons. The number of carbonyl (C=O) groups is 1. The summed E-state index contributed by atoms with van der Waals surface area (Å²) in [6, 6.07) is 17.9. The Morgan fingerprint density at radius 2 is 1.78 bits per heavy atom. The summed E-state index contributed by atoms with van der Waals surface area (Å²) in [5, 5.41) is 3.70. The van der Waals surface area contributed by atoms with E-state index in [2.05, 4.69) is 29.4 Å². The van der Waals surface area contributed by atoms with E-state index in [4.69, 9.17) is 11.6 Å². The van der Waals surface area contributed by atoms with Gasteiger partial charge in [-0.2, -0.15) is 0 Å². The molecule has 0 aromatic heterocycles. The zero-order valence-corrected chi connectivity index (χ0v) is 14.2. The van der Waals surface area contributed by atoms with Gasteiger partial charge in [-0.25, -0.2) is 0 Å². The van der Waals surface area contributed by atoms with Crippen molar-refractivity contribution >= 4 is 23.2 Å². The van der Waals surface area contributed by atoms with Crippen LogP contribution in [0.5, 0.6) is 0 Å². The van der Waals surface area contributed by atoms with Crippen LogP contribution in [0.1, 0.15) is 18.4 Å². The van der Waals surface area contributed by atoms with Crippen molar-refractivity contribution in [2.75, 3.05) is 25.0 Å². The van der Waals surface area contributed by atoms with Gasteiger partial charge in [0.1, 0.15) is 0 Å². The molecule has 0 aliphatic carbocycles. The van der Waals surface area contributed by atoms with Gasteiger partial charge in [0.15, 0.2) is 0 Å². The van der Waals surface area contributed by atoms with E-state index in [0.717, 1.165) is 23.6 Å². The number of amides is 1. The smallest absolute Gasteiger partial charge is 0.220 e. The first-order chi connectivity index (χ1) is 11.2. The molecule has 23 heavy (non-hydrogen) atoms. The van der Waals surface area contributed by atoms with Crippen molar-refractivity contribution < 1.29 is 4.79 Å². The van der Waals surface area contributed by atoms with Crippen LogP contribution < -0.4 is 10.2 Å². The van der Waals surface area contributed by atoms with Crippen molar-refractivity contribution in [2.24, 2.45) is 0 Å². The molecule has 0 spiro atoms. The Labute approximate surface area is 143 Å². The second-order valence-corrected chi connectivity index (χ2v) is 5.96.